The van der Waals surface area contributed by atoms with Crippen LogP contribution in [0, 0.1) is 5.92 Å². The molecule has 0 unspecified atom stereocenters. The Morgan fingerprint density at radius 3 is 2.96 bits per heavy atom. The third kappa shape index (κ3) is 3.51. The van der Waals surface area contributed by atoms with Crippen molar-refractivity contribution in [2.75, 3.05) is 33.4 Å². The van der Waals surface area contributed by atoms with Crippen LogP contribution in [0.5, 0.6) is 5.75 Å². The molecule has 2 aliphatic heterocycles. The molecule has 1 fully saturated rings. The number of benzene rings is 1. The van der Waals surface area contributed by atoms with Gasteiger partial charge in [-0.15, -0.1) is 0 Å². The lowest BCUT2D eigenvalue weighted by molar-refractivity contribution is -0.125. The molecular formula is C21H27NO4. The Balaban J connectivity index is 1.34. The van der Waals surface area contributed by atoms with Crippen LogP contribution in [0.3, 0.4) is 0 Å². The van der Waals surface area contributed by atoms with Gasteiger partial charge in [0.1, 0.15) is 11.5 Å². The number of furan rings is 1. The highest BCUT2D eigenvalue weighted by molar-refractivity contribution is 5.87. The second-order valence-corrected chi connectivity index (χ2v) is 7.32. The van der Waals surface area contributed by atoms with Gasteiger partial charge < -0.3 is 13.9 Å². The number of ketones is 1. The molecule has 0 atom stereocenters. The number of para-hydroxylation sites is 1. The van der Waals surface area contributed by atoms with Crippen LogP contribution < -0.4 is 4.74 Å². The molecule has 0 aliphatic carbocycles. The lowest BCUT2D eigenvalue weighted by Crippen LogP contribution is -2.31. The van der Waals surface area contributed by atoms with E-state index in [4.69, 9.17) is 13.9 Å². The summed E-state index contributed by atoms with van der Waals surface area (Å²) in [5.41, 5.74) is 2.17. The third-order valence-electron chi connectivity index (χ3n) is 5.71. The van der Waals surface area contributed by atoms with Crippen molar-refractivity contribution in [3.63, 3.8) is 0 Å². The van der Waals surface area contributed by atoms with Crippen molar-refractivity contribution in [1.82, 2.24) is 4.90 Å². The van der Waals surface area contributed by atoms with Gasteiger partial charge in [0.25, 0.3) is 0 Å². The molecule has 26 heavy (non-hydrogen) atoms. The largest absolute Gasteiger partial charge is 0.493 e. The number of hydrogen-bond donors (Lipinski definition) is 0. The maximum Gasteiger partial charge on any atom is 0.176 e. The zero-order valence-electron chi connectivity index (χ0n) is 15.5. The van der Waals surface area contributed by atoms with Crippen LogP contribution in [0.15, 0.2) is 22.6 Å². The lowest BCUT2D eigenvalue weighted by Gasteiger charge is -2.26. The number of nitrogens with zero attached hydrogens (tertiary/aromatic N) is 1. The molecule has 2 aromatic rings. The maximum absolute atomic E-state index is 12.3. The number of methoxy groups -OCH3 is 1. The van der Waals surface area contributed by atoms with Crippen LogP contribution in [-0.4, -0.2) is 44.1 Å². The van der Waals surface area contributed by atoms with Crippen LogP contribution in [0.1, 0.15) is 37.0 Å². The average molecular weight is 357 g/mol. The molecular weight excluding hydrogens is 330 g/mol. The first kappa shape index (κ1) is 17.6. The Hall–Kier alpha value is -1.85. The molecule has 0 spiro atoms. The topological polar surface area (TPSA) is 51.9 Å². The smallest absolute Gasteiger partial charge is 0.176 e. The second-order valence-electron chi connectivity index (χ2n) is 7.32. The first-order chi connectivity index (χ1) is 12.8. The van der Waals surface area contributed by atoms with E-state index in [1.54, 1.807) is 7.11 Å². The average Bonchev–Trinajstić information content (AvgIpc) is 3.06. The molecule has 0 amide bonds. The van der Waals surface area contributed by atoms with Crippen molar-refractivity contribution in [1.29, 1.82) is 0 Å². The number of Topliss-reactive ketones (excluding diaryl/α,β-unsaturated/α-hetero) is 1. The molecule has 0 bridgehead atoms. The molecule has 140 valence electrons. The van der Waals surface area contributed by atoms with Gasteiger partial charge in [0, 0.05) is 43.0 Å². The summed E-state index contributed by atoms with van der Waals surface area (Å²) < 4.78 is 16.9. The zero-order valence-corrected chi connectivity index (χ0v) is 15.5. The Bertz CT molecular complexity index is 776. The van der Waals surface area contributed by atoms with E-state index >= 15 is 0 Å². The maximum atomic E-state index is 12.3. The molecule has 0 saturated carbocycles. The summed E-state index contributed by atoms with van der Waals surface area (Å²) in [6.45, 7) is 4.26. The summed E-state index contributed by atoms with van der Waals surface area (Å²) in [6.07, 6.45) is 4.39. The van der Waals surface area contributed by atoms with Gasteiger partial charge in [0.15, 0.2) is 11.3 Å². The van der Waals surface area contributed by atoms with Crippen molar-refractivity contribution in [2.45, 2.75) is 38.6 Å². The van der Waals surface area contributed by atoms with E-state index in [0.29, 0.717) is 12.2 Å². The van der Waals surface area contributed by atoms with E-state index in [2.05, 4.69) is 11.0 Å². The van der Waals surface area contributed by atoms with Crippen LogP contribution >= 0.6 is 0 Å². The minimum absolute atomic E-state index is 0.222. The molecule has 3 heterocycles. The molecule has 1 aromatic heterocycles. The molecule has 1 saturated heterocycles. The van der Waals surface area contributed by atoms with Crippen LogP contribution in [-0.2, 0) is 22.5 Å². The SMILES string of the molecule is COc1cccc2c3c(oc12)CN(CCCC(=O)C1CCOCC1)CC3. The Morgan fingerprint density at radius 2 is 2.15 bits per heavy atom. The number of rotatable bonds is 6. The van der Waals surface area contributed by atoms with Gasteiger partial charge in [0.2, 0.25) is 0 Å². The predicted molar refractivity (Wildman–Crippen MR) is 99.5 cm³/mol. The highest BCUT2D eigenvalue weighted by Crippen LogP contribution is 2.35. The highest BCUT2D eigenvalue weighted by Gasteiger charge is 2.25. The van der Waals surface area contributed by atoms with Crippen molar-refractivity contribution < 1.29 is 18.7 Å². The molecule has 0 N–H and O–H groups in total. The minimum Gasteiger partial charge on any atom is -0.493 e. The van der Waals surface area contributed by atoms with Crippen molar-refractivity contribution in [3.05, 3.63) is 29.5 Å². The van der Waals surface area contributed by atoms with E-state index in [0.717, 1.165) is 75.6 Å². The van der Waals surface area contributed by atoms with Crippen molar-refractivity contribution in [3.8, 4) is 5.75 Å². The van der Waals surface area contributed by atoms with E-state index in [1.165, 1.54) is 10.9 Å². The minimum atomic E-state index is 0.222. The fourth-order valence-corrected chi connectivity index (χ4v) is 4.20. The normalized spacial score (nSPS) is 18.8. The lowest BCUT2D eigenvalue weighted by atomic mass is 9.92. The number of carbonyl (C=O) groups is 1. The number of carbonyl (C=O) groups excluding carboxylic acids is 1. The Labute approximate surface area is 154 Å². The van der Waals surface area contributed by atoms with E-state index in [-0.39, 0.29) is 5.92 Å². The summed E-state index contributed by atoms with van der Waals surface area (Å²) in [6, 6.07) is 6.07. The molecule has 0 radical (unpaired) electrons. The predicted octanol–water partition coefficient (Wildman–Crippen LogP) is 3.58. The number of ether oxygens (including phenoxy) is 2. The van der Waals surface area contributed by atoms with Gasteiger partial charge in [-0.1, -0.05) is 12.1 Å². The van der Waals surface area contributed by atoms with E-state index in [1.807, 2.05) is 12.1 Å². The van der Waals surface area contributed by atoms with E-state index < -0.39 is 0 Å². The first-order valence-electron chi connectivity index (χ1n) is 9.66. The molecule has 2 aliphatic rings. The monoisotopic (exact) mass is 357 g/mol. The summed E-state index contributed by atoms with van der Waals surface area (Å²) >= 11 is 0. The third-order valence-corrected chi connectivity index (χ3v) is 5.71. The van der Waals surface area contributed by atoms with Crippen molar-refractivity contribution in [2.24, 2.45) is 5.92 Å². The first-order valence-corrected chi connectivity index (χ1v) is 9.66. The molecule has 1 aromatic carbocycles. The molecule has 4 rings (SSSR count). The molecule has 5 heteroatoms. The molecule has 5 nitrogen and oxygen atoms in total. The fraction of sp³-hybridized carbons (Fsp3) is 0.571. The second kappa shape index (κ2) is 7.80. The summed E-state index contributed by atoms with van der Waals surface area (Å²) in [5, 5.41) is 1.17. The Kier molecular flexibility index (Phi) is 5.27. The van der Waals surface area contributed by atoms with Gasteiger partial charge >= 0.3 is 0 Å². The summed E-state index contributed by atoms with van der Waals surface area (Å²) in [7, 11) is 1.68. The highest BCUT2D eigenvalue weighted by atomic mass is 16.5. The van der Waals surface area contributed by atoms with Gasteiger partial charge in [0.05, 0.1) is 13.7 Å². The van der Waals surface area contributed by atoms with Crippen LogP contribution in [0.4, 0.5) is 0 Å². The summed E-state index contributed by atoms with van der Waals surface area (Å²) in [5.74, 6) is 2.48. The van der Waals surface area contributed by atoms with Gasteiger partial charge in [-0.05, 0) is 38.3 Å². The van der Waals surface area contributed by atoms with E-state index in [9.17, 15) is 4.79 Å². The van der Waals surface area contributed by atoms with Gasteiger partial charge in [-0.25, -0.2) is 0 Å². The van der Waals surface area contributed by atoms with Gasteiger partial charge in [-0.2, -0.15) is 0 Å². The summed E-state index contributed by atoms with van der Waals surface area (Å²) in [4.78, 5) is 14.7. The standard InChI is InChI=1S/C21H27NO4/c1-24-19-6-2-4-17-16-7-11-22(14-20(16)26-21(17)19)10-3-5-18(23)15-8-12-25-13-9-15/h2,4,6,15H,3,5,7-14H2,1H3. The van der Waals surface area contributed by atoms with Crippen LogP contribution in [0.25, 0.3) is 11.0 Å². The Morgan fingerprint density at radius 1 is 1.31 bits per heavy atom. The number of hydrogen-bond acceptors (Lipinski definition) is 5. The van der Waals surface area contributed by atoms with Crippen LogP contribution in [0.2, 0.25) is 0 Å². The fourth-order valence-electron chi connectivity index (χ4n) is 4.20. The zero-order chi connectivity index (χ0) is 17.9. The number of fused-ring (bicyclic) bond motifs is 3. The van der Waals surface area contributed by atoms with Crippen molar-refractivity contribution >= 4 is 16.8 Å². The van der Waals surface area contributed by atoms with Gasteiger partial charge in [-0.3, -0.25) is 9.69 Å². The quantitative estimate of drug-likeness (QED) is 0.791.